The molecule has 0 radical (unpaired) electrons. The lowest BCUT2D eigenvalue weighted by Gasteiger charge is -2.18. The average Bonchev–Trinajstić information content (AvgIpc) is 3.51. The quantitative estimate of drug-likeness (QED) is 0.0543. The molecule has 0 aromatic rings. The van der Waals surface area contributed by atoms with Crippen LogP contribution in [0.4, 0.5) is 0 Å². The minimum absolute atomic E-state index is 0.198. The van der Waals surface area contributed by atoms with Crippen LogP contribution in [0.15, 0.2) is 36.0 Å². The maximum atomic E-state index is 11.7. The Balaban J connectivity index is 0. The van der Waals surface area contributed by atoms with Crippen molar-refractivity contribution in [1.29, 1.82) is 0 Å². The fraction of sp³-hybridized carbons (Fsp3) is 0.697. The van der Waals surface area contributed by atoms with Gasteiger partial charge in [-0.2, -0.15) is 0 Å². The van der Waals surface area contributed by atoms with E-state index in [0.29, 0.717) is 30.2 Å². The predicted octanol–water partition coefficient (Wildman–Crippen LogP) is 5.88. The first-order valence-corrected chi connectivity index (χ1v) is 15.9. The first-order valence-electron chi connectivity index (χ1n) is 15.9. The van der Waals surface area contributed by atoms with Crippen molar-refractivity contribution in [3.05, 3.63) is 36.0 Å². The first-order chi connectivity index (χ1) is 20.7. The fourth-order valence-electron chi connectivity index (χ4n) is 3.67. The number of aldehydes is 1. The Morgan fingerprint density at radius 3 is 2.21 bits per heavy atom. The summed E-state index contributed by atoms with van der Waals surface area (Å²) in [5.74, 6) is -0.619. The number of rotatable bonds is 17. The molecule has 1 unspecified atom stereocenters. The van der Waals surface area contributed by atoms with E-state index in [-0.39, 0.29) is 12.5 Å². The molecule has 3 amide bonds. The lowest BCUT2D eigenvalue weighted by atomic mass is 10.1. The summed E-state index contributed by atoms with van der Waals surface area (Å²) in [6, 6.07) is 0.571. The van der Waals surface area contributed by atoms with Crippen LogP contribution in [-0.4, -0.2) is 80.0 Å². The Morgan fingerprint density at radius 2 is 1.72 bits per heavy atom. The van der Waals surface area contributed by atoms with Crippen molar-refractivity contribution in [1.82, 2.24) is 15.3 Å². The summed E-state index contributed by atoms with van der Waals surface area (Å²) in [7, 11) is 2.14. The van der Waals surface area contributed by atoms with Crippen LogP contribution >= 0.6 is 0 Å². The van der Waals surface area contributed by atoms with Gasteiger partial charge in [0.15, 0.2) is 0 Å². The van der Waals surface area contributed by atoms with E-state index in [0.717, 1.165) is 69.4 Å². The summed E-state index contributed by atoms with van der Waals surface area (Å²) in [6.07, 6.45) is 15.9. The summed E-state index contributed by atoms with van der Waals surface area (Å²) in [4.78, 5) is 60.9. The Kier molecular flexibility index (Phi) is 29.1. The molecule has 2 aliphatic heterocycles. The predicted molar refractivity (Wildman–Crippen MR) is 172 cm³/mol. The topological polar surface area (TPSA) is 114 Å². The molecule has 2 rings (SSSR count). The highest BCUT2D eigenvalue weighted by molar-refractivity contribution is 6.19. The minimum atomic E-state index is -0.419. The van der Waals surface area contributed by atoms with E-state index in [1.807, 2.05) is 0 Å². The summed E-state index contributed by atoms with van der Waals surface area (Å²) in [6.45, 7) is 18.8. The first kappa shape index (κ1) is 42.5. The molecule has 0 aromatic heterocycles. The van der Waals surface area contributed by atoms with E-state index < -0.39 is 11.8 Å². The summed E-state index contributed by atoms with van der Waals surface area (Å²) >= 11 is 0. The van der Waals surface area contributed by atoms with Crippen LogP contribution in [0.2, 0.25) is 0 Å². The molecule has 1 N–H and O–H groups in total. The second-order valence-corrected chi connectivity index (χ2v) is 10.1. The van der Waals surface area contributed by atoms with Gasteiger partial charge >= 0.3 is 0 Å². The number of likely N-dealkylation sites (tertiary alicyclic amines) is 1. The van der Waals surface area contributed by atoms with Crippen molar-refractivity contribution in [3.8, 4) is 0 Å². The maximum absolute atomic E-state index is 11.7. The number of hydroxylamine groups is 2. The molecule has 248 valence electrons. The lowest BCUT2D eigenvalue weighted by molar-refractivity contribution is -0.299. The van der Waals surface area contributed by atoms with Crippen molar-refractivity contribution in [2.75, 3.05) is 40.0 Å². The monoisotopic (exact) mass is 609 g/mol. The largest absolute Gasteiger partial charge is 0.356 e. The van der Waals surface area contributed by atoms with Gasteiger partial charge in [-0.05, 0) is 72.0 Å². The van der Waals surface area contributed by atoms with Crippen LogP contribution in [0.5, 0.6) is 0 Å². The molecule has 1 atom stereocenters. The van der Waals surface area contributed by atoms with Gasteiger partial charge < -0.3 is 15.0 Å². The molecule has 2 heterocycles. The van der Waals surface area contributed by atoms with Crippen LogP contribution in [0.25, 0.3) is 0 Å². The SMILES string of the molecule is C=C/C=C\C1=C(C)C(=O)N(OCC)C1=O.CCCCC(=O)NCCC.CCCCC=O.CCCOOCC1CCCN1C. The number of likely N-dealkylation sites (N-methyl/N-ethyl adjacent to an activating group) is 1. The Labute approximate surface area is 260 Å². The number of allylic oxidation sites excluding steroid dienone is 2. The molecule has 43 heavy (non-hydrogen) atoms. The molecule has 10 heteroatoms. The number of unbranched alkanes of at least 4 members (excludes halogenated alkanes) is 3. The highest BCUT2D eigenvalue weighted by Gasteiger charge is 2.35. The van der Waals surface area contributed by atoms with E-state index in [9.17, 15) is 19.2 Å². The number of hydrogen-bond donors (Lipinski definition) is 1. The van der Waals surface area contributed by atoms with Crippen molar-refractivity contribution < 1.29 is 33.8 Å². The van der Waals surface area contributed by atoms with Gasteiger partial charge in [-0.1, -0.05) is 59.3 Å². The number of hydrogen-bond acceptors (Lipinski definition) is 8. The summed E-state index contributed by atoms with van der Waals surface area (Å²) in [5, 5.41) is 3.62. The molecule has 0 spiro atoms. The van der Waals surface area contributed by atoms with Crippen LogP contribution in [0.1, 0.15) is 106 Å². The normalized spacial score (nSPS) is 16.3. The number of nitrogens with one attached hydrogen (secondary N) is 1. The number of carbonyl (C=O) groups excluding carboxylic acids is 4. The van der Waals surface area contributed by atoms with Crippen molar-refractivity contribution >= 4 is 24.0 Å². The minimum Gasteiger partial charge on any atom is -0.356 e. The zero-order chi connectivity index (χ0) is 32.9. The summed E-state index contributed by atoms with van der Waals surface area (Å²) < 4.78 is 0. The van der Waals surface area contributed by atoms with Crippen LogP contribution in [-0.2, 0) is 33.8 Å². The highest BCUT2D eigenvalue weighted by atomic mass is 17.2. The molecule has 2 aliphatic rings. The van der Waals surface area contributed by atoms with Crippen LogP contribution < -0.4 is 5.32 Å². The smallest absolute Gasteiger partial charge is 0.285 e. The molecule has 0 aromatic carbocycles. The van der Waals surface area contributed by atoms with E-state index in [1.165, 1.54) is 19.4 Å². The molecule has 1 fully saturated rings. The van der Waals surface area contributed by atoms with Gasteiger partial charge in [0.25, 0.3) is 11.8 Å². The third kappa shape index (κ3) is 20.8. The van der Waals surface area contributed by atoms with Gasteiger partial charge in [0, 0.05) is 31.0 Å². The Morgan fingerprint density at radius 1 is 1.02 bits per heavy atom. The van der Waals surface area contributed by atoms with Gasteiger partial charge in [0.05, 0.1) is 25.4 Å². The maximum Gasteiger partial charge on any atom is 0.285 e. The van der Waals surface area contributed by atoms with Gasteiger partial charge in [0.2, 0.25) is 5.91 Å². The second kappa shape index (κ2) is 29.4. The number of amides is 3. The van der Waals surface area contributed by atoms with E-state index in [4.69, 9.17) is 14.6 Å². The molecule has 10 nitrogen and oxygen atoms in total. The third-order valence-electron chi connectivity index (χ3n) is 6.29. The molecular weight excluding hydrogens is 550 g/mol. The molecule has 0 bridgehead atoms. The van der Waals surface area contributed by atoms with E-state index >= 15 is 0 Å². The van der Waals surface area contributed by atoms with Crippen molar-refractivity contribution in [2.24, 2.45) is 0 Å². The van der Waals surface area contributed by atoms with Gasteiger partial charge in [-0.15, -0.1) is 5.06 Å². The van der Waals surface area contributed by atoms with Gasteiger partial charge in [-0.25, -0.2) is 9.78 Å². The van der Waals surface area contributed by atoms with E-state index in [2.05, 4.69) is 51.5 Å². The van der Waals surface area contributed by atoms with E-state index in [1.54, 1.807) is 32.1 Å². The van der Waals surface area contributed by atoms with Crippen LogP contribution in [0, 0.1) is 0 Å². The Hall–Kier alpha value is -2.66. The van der Waals surface area contributed by atoms with Crippen LogP contribution in [0.3, 0.4) is 0 Å². The Bertz CT molecular complexity index is 832. The van der Waals surface area contributed by atoms with Crippen molar-refractivity contribution in [2.45, 2.75) is 112 Å². The van der Waals surface area contributed by atoms with Crippen molar-refractivity contribution in [3.63, 3.8) is 0 Å². The third-order valence-corrected chi connectivity index (χ3v) is 6.29. The fourth-order valence-corrected chi connectivity index (χ4v) is 3.67. The second-order valence-electron chi connectivity index (χ2n) is 10.1. The lowest BCUT2D eigenvalue weighted by Crippen LogP contribution is -2.31. The zero-order valence-corrected chi connectivity index (χ0v) is 28.0. The zero-order valence-electron chi connectivity index (χ0n) is 28.0. The number of nitrogens with zero attached hydrogens (tertiary/aromatic N) is 2. The molecule has 0 saturated carbocycles. The number of imide groups is 1. The standard InChI is InChI=1S/C11H13NO3.C9H19NO2.C8H17NO.C5H10O/c1-4-6-7-9-8(3)10(13)12(11(9)14)15-5-2;1-3-7-11-12-8-9-5-4-6-10(9)2;1-3-5-6-8(10)9-7-4-2;1-2-3-4-5-6/h4,6-7H,1,5H2,2-3H3;9H,3-8H2,1-2H3;3-7H2,1-2H3,(H,9,10);5H,2-4H2,1H3/b7-6-;;;. The molecule has 1 saturated heterocycles. The molecule has 0 aliphatic carbocycles. The van der Waals surface area contributed by atoms with Gasteiger partial charge in [0.1, 0.15) is 6.29 Å². The number of carbonyl (C=O) groups is 4. The molecular formula is C33H59N3O7. The average molecular weight is 610 g/mol. The van der Waals surface area contributed by atoms with Gasteiger partial charge in [-0.3, -0.25) is 19.2 Å². The summed E-state index contributed by atoms with van der Waals surface area (Å²) in [5.41, 5.74) is 0.750. The highest BCUT2D eigenvalue weighted by Crippen LogP contribution is 2.21.